The molecule has 0 unspecified atom stereocenters. The van der Waals surface area contributed by atoms with Crippen LogP contribution in [0.15, 0.2) is 0 Å². The average Bonchev–Trinajstić information content (AvgIpc) is 3.04. The first-order chi connectivity index (χ1) is 21.2. The Balaban J connectivity index is 1.72. The molecule has 3 rings (SSSR count). The molecular formula is C24H46N4O17. The first-order valence-electron chi connectivity index (χ1n) is 14.2. The molecule has 0 aromatic carbocycles. The highest BCUT2D eigenvalue weighted by molar-refractivity contribution is 5.58. The number of aldehydes is 1. The molecule has 0 spiro atoms. The normalized spacial score (nSPS) is 45.4. The summed E-state index contributed by atoms with van der Waals surface area (Å²) < 4.78 is 33.7. The second-order valence-electron chi connectivity index (χ2n) is 11.1. The van der Waals surface area contributed by atoms with Crippen molar-refractivity contribution >= 4 is 6.29 Å². The zero-order valence-electron chi connectivity index (χ0n) is 24.0. The Bertz CT molecular complexity index is 910. The number of nitrogens with two attached hydrogens (primary N) is 4. The van der Waals surface area contributed by atoms with E-state index in [9.17, 15) is 55.9 Å². The van der Waals surface area contributed by atoms with Gasteiger partial charge in [0.05, 0.1) is 50.6 Å². The number of carbonyl (C=O) groups excluding carboxylic acids is 1. The van der Waals surface area contributed by atoms with Crippen LogP contribution in [0.3, 0.4) is 0 Å². The summed E-state index contributed by atoms with van der Waals surface area (Å²) in [6.07, 6.45) is -23.4. The third-order valence-corrected chi connectivity index (χ3v) is 8.06. The van der Waals surface area contributed by atoms with Crippen molar-refractivity contribution in [2.45, 2.75) is 116 Å². The van der Waals surface area contributed by atoms with Crippen molar-refractivity contribution in [1.82, 2.24) is 0 Å². The largest absolute Gasteiger partial charge is 0.394 e. The van der Waals surface area contributed by atoms with Crippen LogP contribution in [0.2, 0.25) is 0 Å². The summed E-state index contributed by atoms with van der Waals surface area (Å²) in [5.74, 6) is 0. The van der Waals surface area contributed by atoms with Gasteiger partial charge in [0, 0.05) is 0 Å². The predicted molar refractivity (Wildman–Crippen MR) is 143 cm³/mol. The van der Waals surface area contributed by atoms with E-state index in [1.807, 2.05) is 0 Å². The van der Waals surface area contributed by atoms with E-state index < -0.39 is 143 Å². The molecule has 0 saturated carbocycles. The Kier molecular flexibility index (Phi) is 14.3. The van der Waals surface area contributed by atoms with Crippen LogP contribution in [0.5, 0.6) is 0 Å². The summed E-state index contributed by atoms with van der Waals surface area (Å²) in [5, 5.41) is 101. The molecule has 3 aliphatic rings. The molecule has 3 fully saturated rings. The van der Waals surface area contributed by atoms with Crippen molar-refractivity contribution in [2.75, 3.05) is 26.4 Å². The molecule has 45 heavy (non-hydrogen) atoms. The minimum atomic E-state index is -1.84. The molecule has 3 saturated heterocycles. The molecule has 21 heteroatoms. The molecule has 19 atom stereocenters. The van der Waals surface area contributed by atoms with Gasteiger partial charge in [-0.1, -0.05) is 0 Å². The molecule has 264 valence electrons. The van der Waals surface area contributed by atoms with E-state index in [0.29, 0.717) is 0 Å². The first-order valence-corrected chi connectivity index (χ1v) is 14.2. The van der Waals surface area contributed by atoms with E-state index in [-0.39, 0.29) is 6.29 Å². The van der Waals surface area contributed by atoms with E-state index in [4.69, 9.17) is 51.4 Å². The van der Waals surface area contributed by atoms with Gasteiger partial charge in [-0.15, -0.1) is 0 Å². The minimum absolute atomic E-state index is 0.176. The molecule has 0 aromatic heterocycles. The summed E-state index contributed by atoms with van der Waals surface area (Å²) in [5.41, 5.74) is 23.6. The summed E-state index contributed by atoms with van der Waals surface area (Å²) >= 11 is 0. The molecule has 0 aromatic rings. The van der Waals surface area contributed by atoms with Gasteiger partial charge in [-0.25, -0.2) is 0 Å². The third kappa shape index (κ3) is 8.30. The fourth-order valence-corrected chi connectivity index (χ4v) is 5.25. The fourth-order valence-electron chi connectivity index (χ4n) is 5.25. The van der Waals surface area contributed by atoms with Crippen molar-refractivity contribution < 1.29 is 84.3 Å². The van der Waals surface area contributed by atoms with Gasteiger partial charge in [-0.3, -0.25) is 0 Å². The monoisotopic (exact) mass is 662 g/mol. The van der Waals surface area contributed by atoms with Gasteiger partial charge in [0.25, 0.3) is 0 Å². The number of carbonyl (C=O) groups is 1. The Morgan fingerprint density at radius 2 is 1.09 bits per heavy atom. The van der Waals surface area contributed by atoms with Gasteiger partial charge < -0.3 is 107 Å². The minimum Gasteiger partial charge on any atom is -0.394 e. The first kappa shape index (κ1) is 38.3. The third-order valence-electron chi connectivity index (χ3n) is 8.06. The van der Waals surface area contributed by atoms with Crippen LogP contribution >= 0.6 is 0 Å². The van der Waals surface area contributed by atoms with Gasteiger partial charge in [-0.2, -0.15) is 0 Å². The van der Waals surface area contributed by atoms with Gasteiger partial charge in [0.2, 0.25) is 0 Å². The molecular weight excluding hydrogens is 616 g/mol. The maximum absolute atomic E-state index is 11.0. The lowest BCUT2D eigenvalue weighted by molar-refractivity contribution is -0.353. The van der Waals surface area contributed by atoms with Crippen molar-refractivity contribution in [3.8, 4) is 0 Å². The summed E-state index contributed by atoms with van der Waals surface area (Å²) in [6, 6.07) is -5.85. The highest BCUT2D eigenvalue weighted by Gasteiger charge is 2.53. The lowest BCUT2D eigenvalue weighted by Gasteiger charge is -2.49. The smallest absolute Gasteiger partial charge is 0.176 e. The number of hydrogen-bond acceptors (Lipinski definition) is 21. The van der Waals surface area contributed by atoms with Crippen LogP contribution < -0.4 is 22.9 Å². The highest BCUT2D eigenvalue weighted by atomic mass is 16.7. The standard InChI is InChI=1S/C24H46N4O17/c25-6(1-29)14(35)19(7(34)2-30)43-23-12(27)17(38)21(9(4-32)41-23)45-24-13(28)18(39)20(10(5-33)42-24)44-22-11(26)16(37)15(36)8(3-31)40-22/h1,6-24,30-39H,2-5,25-28H2/t6-,7+,8+,9+,10+,11+,12+,13+,14+,15+,16+,17+,18+,19+,20+,21+,22-,23-,24-/m0/s1. The zero-order chi connectivity index (χ0) is 33.7. The SMILES string of the molecule is N[C@H]1[C@H](O[C@H]2[C@H](O)[C@@H](N)[C@H](O[C@H]3[C@H](O)[C@@H](N)[C@H](O[C@@H]([C@H](O)[C@@H](N)C=O)[C@H](O)CO)O[C@@H]3CO)O[C@@H]2CO)O[C@H](CO)[C@@H](O)[C@@H]1O. The second-order valence-corrected chi connectivity index (χ2v) is 11.1. The quantitative estimate of drug-likeness (QED) is 0.0767. The van der Waals surface area contributed by atoms with E-state index in [1.54, 1.807) is 0 Å². The Hall–Kier alpha value is -1.13. The topological polar surface area (TPSA) is 379 Å². The fraction of sp³-hybridized carbons (Fsp3) is 0.958. The molecule has 0 amide bonds. The lowest BCUT2D eigenvalue weighted by Crippen LogP contribution is -2.69. The maximum Gasteiger partial charge on any atom is 0.176 e. The molecule has 3 aliphatic heterocycles. The Labute approximate surface area is 256 Å². The zero-order valence-corrected chi connectivity index (χ0v) is 24.0. The van der Waals surface area contributed by atoms with E-state index in [2.05, 4.69) is 0 Å². The lowest BCUT2D eigenvalue weighted by atomic mass is 9.94. The number of ether oxygens (including phenoxy) is 6. The van der Waals surface area contributed by atoms with Crippen LogP contribution in [-0.4, -0.2) is 200 Å². The predicted octanol–water partition coefficient (Wildman–Crippen LogP) is -10.0. The molecule has 3 heterocycles. The molecule has 0 aliphatic carbocycles. The number of aliphatic hydroxyl groups is 10. The summed E-state index contributed by atoms with van der Waals surface area (Å²) in [6.45, 7) is -3.23. The average molecular weight is 663 g/mol. The van der Waals surface area contributed by atoms with Gasteiger partial charge in [-0.05, 0) is 0 Å². The second kappa shape index (κ2) is 16.8. The highest BCUT2D eigenvalue weighted by Crippen LogP contribution is 2.32. The molecule has 0 bridgehead atoms. The molecule has 18 N–H and O–H groups in total. The van der Waals surface area contributed by atoms with Gasteiger partial charge in [0.15, 0.2) is 18.9 Å². The number of hydrogen-bond donors (Lipinski definition) is 14. The van der Waals surface area contributed by atoms with Crippen molar-refractivity contribution in [2.24, 2.45) is 22.9 Å². The van der Waals surface area contributed by atoms with Crippen LogP contribution in [0.1, 0.15) is 0 Å². The molecule has 21 nitrogen and oxygen atoms in total. The summed E-state index contributed by atoms with van der Waals surface area (Å²) in [7, 11) is 0. The van der Waals surface area contributed by atoms with Crippen molar-refractivity contribution in [3.63, 3.8) is 0 Å². The Morgan fingerprint density at radius 3 is 1.53 bits per heavy atom. The van der Waals surface area contributed by atoms with Gasteiger partial charge >= 0.3 is 0 Å². The van der Waals surface area contributed by atoms with Crippen LogP contribution in [0, 0.1) is 0 Å². The molecule has 0 radical (unpaired) electrons. The number of rotatable bonds is 14. The van der Waals surface area contributed by atoms with E-state index in [0.717, 1.165) is 0 Å². The van der Waals surface area contributed by atoms with Gasteiger partial charge in [0.1, 0.15) is 79.5 Å². The van der Waals surface area contributed by atoms with E-state index in [1.165, 1.54) is 0 Å². The van der Waals surface area contributed by atoms with Crippen LogP contribution in [0.25, 0.3) is 0 Å². The van der Waals surface area contributed by atoms with Crippen molar-refractivity contribution in [1.29, 1.82) is 0 Å². The van der Waals surface area contributed by atoms with Crippen molar-refractivity contribution in [3.05, 3.63) is 0 Å². The van der Waals surface area contributed by atoms with E-state index >= 15 is 0 Å². The maximum atomic E-state index is 11.0. The Morgan fingerprint density at radius 1 is 0.667 bits per heavy atom. The van der Waals surface area contributed by atoms with Crippen LogP contribution in [0.4, 0.5) is 0 Å². The number of aliphatic hydroxyl groups excluding tert-OH is 10. The van der Waals surface area contributed by atoms with Crippen LogP contribution in [-0.2, 0) is 33.2 Å². The summed E-state index contributed by atoms with van der Waals surface area (Å²) in [4.78, 5) is 11.0.